The van der Waals surface area contributed by atoms with E-state index < -0.39 is 31.9 Å². The van der Waals surface area contributed by atoms with Gasteiger partial charge in [-0.25, -0.2) is 26.4 Å². The summed E-state index contributed by atoms with van der Waals surface area (Å²) < 4.78 is 62.6. The van der Waals surface area contributed by atoms with Crippen molar-refractivity contribution in [1.29, 1.82) is 0 Å². The molecule has 0 radical (unpaired) electrons. The number of aryl methyl sites for hydroxylation is 1. The number of nitrogens with zero attached hydrogens (tertiary/aromatic N) is 1. The first kappa shape index (κ1) is 19.5. The number of nitrogens with two attached hydrogens (primary N) is 1. The smallest absolute Gasteiger partial charge is 0.225 e. The van der Waals surface area contributed by atoms with Crippen LogP contribution in [0.5, 0.6) is 0 Å². The van der Waals surface area contributed by atoms with Gasteiger partial charge in [0.05, 0.1) is 9.79 Å². The average Bonchev–Trinajstić information content (AvgIpc) is 2.52. The molecule has 0 saturated heterocycles. The molecule has 136 valence electrons. The van der Waals surface area contributed by atoms with Crippen LogP contribution in [-0.4, -0.2) is 28.2 Å². The quantitative estimate of drug-likeness (QED) is 0.851. The van der Waals surface area contributed by atoms with Crippen LogP contribution >= 0.6 is 0 Å². The molecule has 2 aromatic rings. The van der Waals surface area contributed by atoms with Gasteiger partial charge < -0.3 is 0 Å². The SMILES string of the molecule is Cc1cc(F)ccc1S(=O)(=O)N(C)C(C)c1ccc(S(N)(=O)=O)cc1. The Morgan fingerprint density at radius 1 is 1.04 bits per heavy atom. The Labute approximate surface area is 147 Å². The Hall–Kier alpha value is -1.81. The zero-order valence-electron chi connectivity index (χ0n) is 14.0. The van der Waals surface area contributed by atoms with Crippen molar-refractivity contribution in [3.8, 4) is 0 Å². The molecule has 0 amide bonds. The first-order valence-electron chi connectivity index (χ1n) is 7.31. The van der Waals surface area contributed by atoms with Crippen LogP contribution in [-0.2, 0) is 20.0 Å². The third-order valence-corrected chi connectivity index (χ3v) is 7.05. The average molecular weight is 386 g/mol. The van der Waals surface area contributed by atoms with Crippen molar-refractivity contribution in [2.45, 2.75) is 29.7 Å². The zero-order valence-corrected chi connectivity index (χ0v) is 15.6. The van der Waals surface area contributed by atoms with Crippen LogP contribution in [0.2, 0.25) is 0 Å². The first-order chi connectivity index (χ1) is 11.4. The predicted molar refractivity (Wildman–Crippen MR) is 92.3 cm³/mol. The maximum absolute atomic E-state index is 13.2. The summed E-state index contributed by atoms with van der Waals surface area (Å²) in [6, 6.07) is 8.58. The molecular weight excluding hydrogens is 367 g/mol. The highest BCUT2D eigenvalue weighted by atomic mass is 32.2. The molecule has 0 bridgehead atoms. The third kappa shape index (κ3) is 4.06. The minimum atomic E-state index is -3.85. The van der Waals surface area contributed by atoms with Gasteiger partial charge in [-0.2, -0.15) is 4.31 Å². The van der Waals surface area contributed by atoms with Crippen molar-refractivity contribution in [2.24, 2.45) is 5.14 Å². The Balaban J connectivity index is 2.37. The third-order valence-electron chi connectivity index (χ3n) is 4.03. The van der Waals surface area contributed by atoms with E-state index in [0.717, 1.165) is 16.4 Å². The minimum absolute atomic E-state index is 0.0180. The second kappa shape index (κ2) is 6.83. The van der Waals surface area contributed by atoms with Crippen LogP contribution in [0.25, 0.3) is 0 Å². The molecule has 2 rings (SSSR count). The topological polar surface area (TPSA) is 97.5 Å². The van der Waals surface area contributed by atoms with Crippen molar-refractivity contribution in [1.82, 2.24) is 4.31 Å². The van der Waals surface area contributed by atoms with Gasteiger partial charge in [-0.3, -0.25) is 0 Å². The molecule has 6 nitrogen and oxygen atoms in total. The van der Waals surface area contributed by atoms with Gasteiger partial charge in [-0.1, -0.05) is 12.1 Å². The van der Waals surface area contributed by atoms with Crippen molar-refractivity contribution in [3.05, 3.63) is 59.4 Å². The lowest BCUT2D eigenvalue weighted by Gasteiger charge is -2.25. The summed E-state index contributed by atoms with van der Waals surface area (Å²) in [5.41, 5.74) is 0.905. The molecule has 0 aliphatic carbocycles. The van der Waals surface area contributed by atoms with Gasteiger partial charge in [0, 0.05) is 13.1 Å². The Kier molecular flexibility index (Phi) is 5.33. The molecule has 1 unspecified atom stereocenters. The van der Waals surface area contributed by atoms with Crippen LogP contribution in [0, 0.1) is 12.7 Å². The Morgan fingerprint density at radius 2 is 1.60 bits per heavy atom. The van der Waals surface area contributed by atoms with Gasteiger partial charge in [0.25, 0.3) is 0 Å². The minimum Gasteiger partial charge on any atom is -0.225 e. The maximum Gasteiger partial charge on any atom is 0.243 e. The molecule has 0 aromatic heterocycles. The zero-order chi connectivity index (χ0) is 19.0. The lowest BCUT2D eigenvalue weighted by Crippen LogP contribution is -2.30. The van der Waals surface area contributed by atoms with Gasteiger partial charge in [-0.15, -0.1) is 0 Å². The van der Waals surface area contributed by atoms with Crippen molar-refractivity contribution < 1.29 is 21.2 Å². The van der Waals surface area contributed by atoms with E-state index >= 15 is 0 Å². The molecule has 1 atom stereocenters. The van der Waals surface area contributed by atoms with Crippen molar-refractivity contribution in [2.75, 3.05) is 7.05 Å². The maximum atomic E-state index is 13.2. The molecule has 2 aromatic carbocycles. The molecule has 0 fully saturated rings. The summed E-state index contributed by atoms with van der Waals surface area (Å²) in [6.07, 6.45) is 0. The standard InChI is InChI=1S/C16H19FN2O4S2/c1-11-10-14(17)6-9-16(11)25(22,23)19(3)12(2)13-4-7-15(8-5-13)24(18,20)21/h4-10,12H,1-3H3,(H2,18,20,21). The highest BCUT2D eigenvalue weighted by molar-refractivity contribution is 7.89. The fourth-order valence-electron chi connectivity index (χ4n) is 2.41. The van der Waals surface area contributed by atoms with Crippen LogP contribution in [0.15, 0.2) is 52.3 Å². The van der Waals surface area contributed by atoms with Gasteiger partial charge >= 0.3 is 0 Å². The van der Waals surface area contributed by atoms with E-state index in [1.165, 1.54) is 44.3 Å². The van der Waals surface area contributed by atoms with E-state index in [-0.39, 0.29) is 9.79 Å². The molecule has 25 heavy (non-hydrogen) atoms. The number of hydrogen-bond donors (Lipinski definition) is 1. The molecule has 0 spiro atoms. The fraction of sp³-hybridized carbons (Fsp3) is 0.250. The Bertz CT molecular complexity index is 987. The lowest BCUT2D eigenvalue weighted by atomic mass is 10.1. The van der Waals surface area contributed by atoms with Crippen molar-refractivity contribution >= 4 is 20.0 Å². The van der Waals surface area contributed by atoms with E-state index in [9.17, 15) is 21.2 Å². The summed E-state index contributed by atoms with van der Waals surface area (Å²) in [7, 11) is -6.25. The number of sulfonamides is 2. The molecule has 9 heteroatoms. The molecule has 0 aliphatic rings. The molecular formula is C16H19FN2O4S2. The van der Waals surface area contributed by atoms with E-state index in [2.05, 4.69) is 0 Å². The lowest BCUT2D eigenvalue weighted by molar-refractivity contribution is 0.398. The number of benzene rings is 2. The highest BCUT2D eigenvalue weighted by Crippen LogP contribution is 2.28. The predicted octanol–water partition coefficient (Wildman–Crippen LogP) is 2.16. The van der Waals surface area contributed by atoms with Gasteiger partial charge in [0.15, 0.2) is 0 Å². The summed E-state index contributed by atoms with van der Waals surface area (Å²) in [6.45, 7) is 3.19. The number of primary sulfonamides is 1. The second-order valence-electron chi connectivity index (χ2n) is 5.72. The summed E-state index contributed by atoms with van der Waals surface area (Å²) >= 11 is 0. The molecule has 0 heterocycles. The van der Waals surface area contributed by atoms with Crippen molar-refractivity contribution in [3.63, 3.8) is 0 Å². The molecule has 0 saturated carbocycles. The number of rotatable bonds is 5. The summed E-state index contributed by atoms with van der Waals surface area (Å²) in [5, 5.41) is 5.05. The molecule has 0 aliphatic heterocycles. The van der Waals surface area contributed by atoms with E-state index in [1.54, 1.807) is 6.92 Å². The van der Waals surface area contributed by atoms with Gasteiger partial charge in [0.2, 0.25) is 20.0 Å². The van der Waals surface area contributed by atoms with E-state index in [0.29, 0.717) is 11.1 Å². The van der Waals surface area contributed by atoms with Gasteiger partial charge in [-0.05, 0) is 55.3 Å². The van der Waals surface area contributed by atoms with E-state index in [4.69, 9.17) is 5.14 Å². The molecule has 2 N–H and O–H groups in total. The van der Waals surface area contributed by atoms with E-state index in [1.807, 2.05) is 0 Å². The largest absolute Gasteiger partial charge is 0.243 e. The second-order valence-corrected chi connectivity index (χ2v) is 9.25. The highest BCUT2D eigenvalue weighted by Gasteiger charge is 2.28. The van der Waals surface area contributed by atoms with Crippen LogP contribution < -0.4 is 5.14 Å². The van der Waals surface area contributed by atoms with Crippen LogP contribution in [0.4, 0.5) is 4.39 Å². The first-order valence-corrected chi connectivity index (χ1v) is 10.3. The number of halogens is 1. The van der Waals surface area contributed by atoms with Crippen LogP contribution in [0.3, 0.4) is 0 Å². The summed E-state index contributed by atoms with van der Waals surface area (Å²) in [5.74, 6) is -0.509. The monoisotopic (exact) mass is 386 g/mol. The number of hydrogen-bond acceptors (Lipinski definition) is 4. The summed E-state index contributed by atoms with van der Waals surface area (Å²) in [4.78, 5) is -0.0345. The van der Waals surface area contributed by atoms with Crippen LogP contribution in [0.1, 0.15) is 24.1 Å². The normalized spacial score (nSPS) is 13.8. The van der Waals surface area contributed by atoms with Gasteiger partial charge in [0.1, 0.15) is 5.82 Å². The Morgan fingerprint density at radius 3 is 2.08 bits per heavy atom. The fourth-order valence-corrected chi connectivity index (χ4v) is 4.48.